The molecule has 5 rings (SSSR count). The van der Waals surface area contributed by atoms with Crippen LogP contribution in [0.4, 0.5) is 29.2 Å². The lowest BCUT2D eigenvalue weighted by molar-refractivity contribution is -0.137. The van der Waals surface area contributed by atoms with Crippen LogP contribution in [0.25, 0.3) is 0 Å². The second-order valence-electron chi connectivity index (χ2n) is 9.58. The first-order chi connectivity index (χ1) is 17.9. The molecule has 2 aromatic heterocycles. The lowest BCUT2D eigenvalue weighted by Crippen LogP contribution is -2.40. The van der Waals surface area contributed by atoms with Crippen molar-refractivity contribution < 1.29 is 22.3 Å². The number of aromatic amines is 1. The molecule has 1 aromatic carbocycles. The van der Waals surface area contributed by atoms with E-state index in [-0.39, 0.29) is 18.2 Å². The van der Waals surface area contributed by atoms with Crippen LogP contribution in [-0.2, 0) is 17.3 Å². The first-order valence-electron chi connectivity index (χ1n) is 12.4. The van der Waals surface area contributed by atoms with E-state index in [1.54, 1.807) is 4.90 Å². The maximum absolute atomic E-state index is 15.6. The molecule has 9 nitrogen and oxygen atoms in total. The van der Waals surface area contributed by atoms with Crippen LogP contribution >= 0.6 is 0 Å². The number of ether oxygens (including phenoxy) is 1. The number of morpholine rings is 1. The summed E-state index contributed by atoms with van der Waals surface area (Å²) in [7, 11) is 0. The minimum atomic E-state index is -4.42. The fourth-order valence-electron chi connectivity index (χ4n) is 5.13. The fraction of sp³-hybridized carbons (Fsp3) is 0.542. The zero-order valence-electron chi connectivity index (χ0n) is 20.1. The van der Waals surface area contributed by atoms with Gasteiger partial charge >= 0.3 is 6.18 Å². The van der Waals surface area contributed by atoms with E-state index in [1.807, 2.05) is 0 Å². The fourth-order valence-corrected chi connectivity index (χ4v) is 5.13. The smallest absolute Gasteiger partial charge is 0.377 e. The van der Waals surface area contributed by atoms with Crippen molar-refractivity contribution in [2.24, 2.45) is 11.8 Å². The van der Waals surface area contributed by atoms with Gasteiger partial charge in [-0.3, -0.25) is 0 Å². The van der Waals surface area contributed by atoms with Crippen LogP contribution in [0, 0.1) is 17.7 Å². The molecule has 1 atom stereocenters. The lowest BCUT2D eigenvalue weighted by atomic mass is 9.80. The molecule has 0 amide bonds. The summed E-state index contributed by atoms with van der Waals surface area (Å²) in [5.41, 5.74) is -0.138. The van der Waals surface area contributed by atoms with Crippen molar-refractivity contribution in [3.05, 3.63) is 53.4 Å². The number of anilines is 2. The maximum Gasteiger partial charge on any atom is 0.416 e. The average molecular weight is 521 g/mol. The van der Waals surface area contributed by atoms with Gasteiger partial charge in [0.25, 0.3) is 0 Å². The van der Waals surface area contributed by atoms with Crippen LogP contribution in [-0.4, -0.2) is 56.9 Å². The van der Waals surface area contributed by atoms with Crippen LogP contribution < -0.4 is 10.2 Å². The highest BCUT2D eigenvalue weighted by Gasteiger charge is 2.33. The van der Waals surface area contributed by atoms with Gasteiger partial charge in [0.05, 0.1) is 24.8 Å². The Kier molecular flexibility index (Phi) is 7.49. The molecule has 3 aromatic rings. The minimum absolute atomic E-state index is 0.107. The van der Waals surface area contributed by atoms with E-state index in [0.29, 0.717) is 37.1 Å². The third kappa shape index (κ3) is 5.97. The van der Waals surface area contributed by atoms with Gasteiger partial charge in [-0.25, -0.2) is 15.1 Å². The standard InChI is InChI=1S/C24H28F4N8O/c25-21-22(29-12-16-3-1-15(2-4-16)11-20-32-34-35-33-20)30-14-31-23(21)36-9-10-37-13-19(36)17-5-7-18(8-6-17)24(26,27)28/h5-8,14-16,19H,1-4,9-13H2,(H,29,30,31)(H,32,33,34,35)/t15-,16-,19-/m1/s1. The van der Waals surface area contributed by atoms with Crippen molar-refractivity contribution in [3.63, 3.8) is 0 Å². The molecule has 1 saturated carbocycles. The molecule has 0 spiro atoms. The molecule has 1 aliphatic carbocycles. The van der Waals surface area contributed by atoms with Crippen LogP contribution in [0.15, 0.2) is 30.6 Å². The van der Waals surface area contributed by atoms with E-state index >= 15 is 4.39 Å². The average Bonchev–Trinajstić information content (AvgIpc) is 3.42. The minimum Gasteiger partial charge on any atom is -0.377 e. The molecule has 198 valence electrons. The van der Waals surface area contributed by atoms with Crippen LogP contribution in [0.5, 0.6) is 0 Å². The Morgan fingerprint density at radius 1 is 1.05 bits per heavy atom. The summed E-state index contributed by atoms with van der Waals surface area (Å²) in [6, 6.07) is 4.40. The van der Waals surface area contributed by atoms with Gasteiger partial charge < -0.3 is 15.0 Å². The van der Waals surface area contributed by atoms with Crippen LogP contribution in [0.1, 0.15) is 48.7 Å². The van der Waals surface area contributed by atoms with Crippen molar-refractivity contribution in [1.29, 1.82) is 0 Å². The normalized spacial score (nSPS) is 22.7. The number of hydrogen-bond donors (Lipinski definition) is 2. The van der Waals surface area contributed by atoms with Crippen molar-refractivity contribution in [2.75, 3.05) is 36.5 Å². The predicted molar refractivity (Wildman–Crippen MR) is 126 cm³/mol. The van der Waals surface area contributed by atoms with Gasteiger partial charge in [-0.1, -0.05) is 12.1 Å². The summed E-state index contributed by atoms with van der Waals surface area (Å²) in [4.78, 5) is 10.0. The van der Waals surface area contributed by atoms with E-state index in [9.17, 15) is 13.2 Å². The topological polar surface area (TPSA) is 105 Å². The van der Waals surface area contributed by atoms with Crippen molar-refractivity contribution in [2.45, 2.75) is 44.3 Å². The molecule has 0 bridgehead atoms. The quantitative estimate of drug-likeness (QED) is 0.447. The Labute approximate surface area is 211 Å². The Balaban J connectivity index is 1.23. The zero-order chi connectivity index (χ0) is 25.8. The summed E-state index contributed by atoms with van der Waals surface area (Å²) in [6.45, 7) is 1.51. The number of H-pyrrole nitrogens is 1. The second-order valence-corrected chi connectivity index (χ2v) is 9.58. The lowest BCUT2D eigenvalue weighted by Gasteiger charge is -2.37. The van der Waals surface area contributed by atoms with Crippen molar-refractivity contribution >= 4 is 11.6 Å². The number of benzene rings is 1. The van der Waals surface area contributed by atoms with Crippen LogP contribution in [0.3, 0.4) is 0 Å². The van der Waals surface area contributed by atoms with E-state index in [0.717, 1.165) is 50.1 Å². The van der Waals surface area contributed by atoms with Crippen LogP contribution in [0.2, 0.25) is 0 Å². The predicted octanol–water partition coefficient (Wildman–Crippen LogP) is 4.19. The summed E-state index contributed by atoms with van der Waals surface area (Å²) in [5.74, 6) is 1.37. The third-order valence-corrected chi connectivity index (χ3v) is 7.19. The van der Waals surface area contributed by atoms with Gasteiger partial charge in [-0.05, 0) is 65.6 Å². The molecule has 1 aliphatic heterocycles. The molecule has 1 saturated heterocycles. The first-order valence-corrected chi connectivity index (χ1v) is 12.4. The maximum atomic E-state index is 15.6. The second kappa shape index (κ2) is 11.0. The molecule has 13 heteroatoms. The number of hydrogen-bond acceptors (Lipinski definition) is 8. The van der Waals surface area contributed by atoms with E-state index in [2.05, 4.69) is 35.9 Å². The van der Waals surface area contributed by atoms with Gasteiger partial charge in [0, 0.05) is 19.5 Å². The largest absolute Gasteiger partial charge is 0.416 e. The Morgan fingerprint density at radius 3 is 2.51 bits per heavy atom. The van der Waals surface area contributed by atoms with Gasteiger partial charge in [0.15, 0.2) is 11.6 Å². The molecule has 37 heavy (non-hydrogen) atoms. The van der Waals surface area contributed by atoms with E-state index in [1.165, 1.54) is 18.5 Å². The highest BCUT2D eigenvalue weighted by molar-refractivity contribution is 5.53. The van der Waals surface area contributed by atoms with Gasteiger partial charge in [-0.15, -0.1) is 5.10 Å². The molecule has 3 heterocycles. The third-order valence-electron chi connectivity index (χ3n) is 7.19. The highest BCUT2D eigenvalue weighted by atomic mass is 19.4. The summed E-state index contributed by atoms with van der Waals surface area (Å²) < 4.78 is 60.1. The number of tetrazole rings is 1. The Hall–Kier alpha value is -3.35. The van der Waals surface area contributed by atoms with Gasteiger partial charge in [0.2, 0.25) is 5.82 Å². The van der Waals surface area contributed by atoms with Gasteiger partial charge in [-0.2, -0.15) is 17.6 Å². The number of alkyl halides is 3. The Bertz CT molecular complexity index is 1150. The molecule has 0 radical (unpaired) electrons. The highest BCUT2D eigenvalue weighted by Crippen LogP contribution is 2.35. The monoisotopic (exact) mass is 520 g/mol. The summed E-state index contributed by atoms with van der Waals surface area (Å²) in [5, 5.41) is 17.2. The van der Waals surface area contributed by atoms with Gasteiger partial charge in [0.1, 0.15) is 12.2 Å². The van der Waals surface area contributed by atoms with E-state index < -0.39 is 23.6 Å². The first kappa shape index (κ1) is 25.3. The molecular formula is C24H28F4N8O. The summed E-state index contributed by atoms with van der Waals surface area (Å²) >= 11 is 0. The van der Waals surface area contributed by atoms with E-state index in [4.69, 9.17) is 4.74 Å². The summed E-state index contributed by atoms with van der Waals surface area (Å²) in [6.07, 6.45) is 1.84. The number of rotatable bonds is 7. The molecule has 0 unspecified atom stereocenters. The molecule has 2 fully saturated rings. The molecule has 2 N–H and O–H groups in total. The molecular weight excluding hydrogens is 492 g/mol. The number of aromatic nitrogens is 6. The van der Waals surface area contributed by atoms with Crippen molar-refractivity contribution in [3.8, 4) is 0 Å². The Morgan fingerprint density at radius 2 is 1.81 bits per heavy atom. The molecule has 2 aliphatic rings. The number of halogens is 4. The number of nitrogens with one attached hydrogen (secondary N) is 2. The zero-order valence-corrected chi connectivity index (χ0v) is 20.1. The van der Waals surface area contributed by atoms with Crippen molar-refractivity contribution in [1.82, 2.24) is 30.6 Å². The SMILES string of the molecule is Fc1c(NC[C@H]2CC[C@H](Cc3nnn[nH]3)CC2)ncnc1N1CCOC[C@@H]1c1ccc(C(F)(F)F)cc1. The number of nitrogens with zero attached hydrogens (tertiary/aromatic N) is 6.